The van der Waals surface area contributed by atoms with Gasteiger partial charge in [-0.15, -0.1) is 0 Å². The predicted octanol–water partition coefficient (Wildman–Crippen LogP) is 2.94. The zero-order valence-electron chi connectivity index (χ0n) is 13.5. The van der Waals surface area contributed by atoms with Crippen LogP contribution >= 0.6 is 0 Å². The van der Waals surface area contributed by atoms with Gasteiger partial charge in [-0.1, -0.05) is 30.3 Å². The molecule has 2 N–H and O–H groups in total. The van der Waals surface area contributed by atoms with E-state index in [9.17, 15) is 4.79 Å². The smallest absolute Gasteiger partial charge is 0.253 e. The van der Waals surface area contributed by atoms with E-state index < -0.39 is 0 Å². The lowest BCUT2D eigenvalue weighted by atomic mass is 10.1. The number of rotatable bonds is 4. The molecule has 1 atom stereocenters. The molecule has 0 spiro atoms. The van der Waals surface area contributed by atoms with E-state index in [2.05, 4.69) is 10.6 Å². The van der Waals surface area contributed by atoms with Crippen molar-refractivity contribution in [1.29, 1.82) is 0 Å². The van der Waals surface area contributed by atoms with Crippen LogP contribution in [0, 0.1) is 0 Å². The number of benzene rings is 2. The molecule has 2 aromatic carbocycles. The molecule has 4 nitrogen and oxygen atoms in total. The molecular formula is C19H23N3O. The summed E-state index contributed by atoms with van der Waals surface area (Å²) in [4.78, 5) is 14.8. The second-order valence-corrected chi connectivity index (χ2v) is 5.93. The first-order valence-corrected chi connectivity index (χ1v) is 8.15. The Labute approximate surface area is 137 Å². The molecule has 1 amide bonds. The molecule has 1 fully saturated rings. The van der Waals surface area contributed by atoms with Crippen LogP contribution in [-0.2, 0) is 0 Å². The van der Waals surface area contributed by atoms with Crippen molar-refractivity contribution >= 4 is 17.3 Å². The van der Waals surface area contributed by atoms with Crippen LogP contribution in [-0.4, -0.2) is 32.1 Å². The predicted molar refractivity (Wildman–Crippen MR) is 94.3 cm³/mol. The Morgan fingerprint density at radius 2 is 1.87 bits per heavy atom. The highest BCUT2D eigenvalue weighted by atomic mass is 16.1. The molecule has 23 heavy (non-hydrogen) atoms. The maximum absolute atomic E-state index is 12.7. The second-order valence-electron chi connectivity index (χ2n) is 5.93. The van der Waals surface area contributed by atoms with Crippen molar-refractivity contribution in [2.24, 2.45) is 0 Å². The van der Waals surface area contributed by atoms with Crippen molar-refractivity contribution in [2.45, 2.75) is 18.9 Å². The zero-order valence-corrected chi connectivity index (χ0v) is 13.5. The first kappa shape index (κ1) is 15.6. The standard InChI is InChI=1S/C19H23N3O/c1-22(16-9-3-2-4-10-16)18-12-6-5-11-17(18)19(23)21-15-8-7-13-20-14-15/h2-6,9-12,15,20H,7-8,13-14H2,1H3,(H,21,23)/t15-/m0/s1. The lowest BCUT2D eigenvalue weighted by Gasteiger charge is -2.26. The number of nitrogens with one attached hydrogen (secondary N) is 2. The van der Waals surface area contributed by atoms with Gasteiger partial charge < -0.3 is 15.5 Å². The van der Waals surface area contributed by atoms with Crippen molar-refractivity contribution in [3.05, 3.63) is 60.2 Å². The number of anilines is 2. The zero-order chi connectivity index (χ0) is 16.1. The van der Waals surface area contributed by atoms with Gasteiger partial charge in [0.1, 0.15) is 0 Å². The number of amides is 1. The molecule has 120 valence electrons. The van der Waals surface area contributed by atoms with Crippen molar-refractivity contribution in [3.63, 3.8) is 0 Å². The van der Waals surface area contributed by atoms with Gasteiger partial charge in [0, 0.05) is 25.3 Å². The number of piperidine rings is 1. The van der Waals surface area contributed by atoms with Crippen LogP contribution in [0.25, 0.3) is 0 Å². The van der Waals surface area contributed by atoms with E-state index in [1.807, 2.05) is 66.5 Å². The minimum Gasteiger partial charge on any atom is -0.348 e. The topological polar surface area (TPSA) is 44.4 Å². The molecule has 0 unspecified atom stereocenters. The van der Waals surface area contributed by atoms with E-state index in [4.69, 9.17) is 0 Å². The van der Waals surface area contributed by atoms with E-state index in [1.54, 1.807) is 0 Å². The van der Waals surface area contributed by atoms with Crippen LogP contribution in [0.2, 0.25) is 0 Å². The Balaban J connectivity index is 1.81. The highest BCUT2D eigenvalue weighted by molar-refractivity contribution is 6.00. The first-order chi connectivity index (χ1) is 11.3. The third-order valence-corrected chi connectivity index (χ3v) is 4.29. The highest BCUT2D eigenvalue weighted by Gasteiger charge is 2.19. The van der Waals surface area contributed by atoms with Crippen molar-refractivity contribution in [3.8, 4) is 0 Å². The summed E-state index contributed by atoms with van der Waals surface area (Å²) < 4.78 is 0. The Bertz CT molecular complexity index is 651. The van der Waals surface area contributed by atoms with Gasteiger partial charge in [0.2, 0.25) is 0 Å². The summed E-state index contributed by atoms with van der Waals surface area (Å²) in [6.45, 7) is 1.89. The summed E-state index contributed by atoms with van der Waals surface area (Å²) in [5.41, 5.74) is 2.69. The summed E-state index contributed by atoms with van der Waals surface area (Å²) in [5, 5.41) is 6.48. The SMILES string of the molecule is CN(c1ccccc1)c1ccccc1C(=O)N[C@H]1CCCNC1. The molecule has 1 aliphatic heterocycles. The van der Waals surface area contributed by atoms with Gasteiger partial charge in [-0.05, 0) is 43.7 Å². The Kier molecular flexibility index (Phi) is 4.93. The van der Waals surface area contributed by atoms with Crippen LogP contribution in [0.3, 0.4) is 0 Å². The molecule has 4 heteroatoms. The van der Waals surface area contributed by atoms with E-state index in [1.165, 1.54) is 0 Å². The highest BCUT2D eigenvalue weighted by Crippen LogP contribution is 2.26. The van der Waals surface area contributed by atoms with Gasteiger partial charge >= 0.3 is 0 Å². The fourth-order valence-electron chi connectivity index (χ4n) is 2.99. The Hall–Kier alpha value is -2.33. The third kappa shape index (κ3) is 3.71. The number of nitrogens with zero attached hydrogens (tertiary/aromatic N) is 1. The fourth-order valence-corrected chi connectivity index (χ4v) is 2.99. The van der Waals surface area contributed by atoms with Crippen LogP contribution in [0.15, 0.2) is 54.6 Å². The number of carbonyl (C=O) groups excluding carboxylic acids is 1. The minimum atomic E-state index is -0.00270. The number of hydrogen-bond acceptors (Lipinski definition) is 3. The second kappa shape index (κ2) is 7.29. The lowest BCUT2D eigenvalue weighted by molar-refractivity contribution is 0.0931. The lowest BCUT2D eigenvalue weighted by Crippen LogP contribution is -2.45. The quantitative estimate of drug-likeness (QED) is 0.913. The molecule has 0 saturated carbocycles. The Morgan fingerprint density at radius 3 is 2.61 bits per heavy atom. The van der Waals surface area contributed by atoms with Gasteiger partial charge in [-0.2, -0.15) is 0 Å². The van der Waals surface area contributed by atoms with Gasteiger partial charge in [-0.25, -0.2) is 0 Å². The average molecular weight is 309 g/mol. The average Bonchev–Trinajstić information content (AvgIpc) is 2.62. The van der Waals surface area contributed by atoms with Gasteiger partial charge in [0.05, 0.1) is 11.3 Å². The largest absolute Gasteiger partial charge is 0.348 e. The maximum atomic E-state index is 12.7. The van der Waals surface area contributed by atoms with Crippen LogP contribution in [0.5, 0.6) is 0 Å². The van der Waals surface area contributed by atoms with Crippen molar-refractivity contribution in [1.82, 2.24) is 10.6 Å². The molecule has 2 aromatic rings. The van der Waals surface area contributed by atoms with E-state index in [0.29, 0.717) is 5.56 Å². The normalized spacial score (nSPS) is 17.5. The van der Waals surface area contributed by atoms with E-state index in [0.717, 1.165) is 37.3 Å². The minimum absolute atomic E-state index is 0.00270. The molecule has 0 radical (unpaired) electrons. The molecular weight excluding hydrogens is 286 g/mol. The van der Waals surface area contributed by atoms with Gasteiger partial charge in [0.15, 0.2) is 0 Å². The molecule has 1 heterocycles. The van der Waals surface area contributed by atoms with Gasteiger partial charge in [-0.3, -0.25) is 4.79 Å². The molecule has 3 rings (SSSR count). The van der Waals surface area contributed by atoms with E-state index in [-0.39, 0.29) is 11.9 Å². The molecule has 0 aliphatic carbocycles. The Morgan fingerprint density at radius 1 is 1.13 bits per heavy atom. The first-order valence-electron chi connectivity index (χ1n) is 8.15. The third-order valence-electron chi connectivity index (χ3n) is 4.29. The summed E-state index contributed by atoms with van der Waals surface area (Å²) in [6, 6.07) is 18.0. The molecule has 0 aromatic heterocycles. The fraction of sp³-hybridized carbons (Fsp3) is 0.316. The van der Waals surface area contributed by atoms with Crippen molar-refractivity contribution < 1.29 is 4.79 Å². The van der Waals surface area contributed by atoms with Crippen molar-refractivity contribution in [2.75, 3.05) is 25.0 Å². The molecule has 1 saturated heterocycles. The summed E-state index contributed by atoms with van der Waals surface area (Å²) in [7, 11) is 1.99. The molecule has 0 bridgehead atoms. The summed E-state index contributed by atoms with van der Waals surface area (Å²) in [5.74, 6) is -0.00270. The maximum Gasteiger partial charge on any atom is 0.253 e. The summed E-state index contributed by atoms with van der Waals surface area (Å²) >= 11 is 0. The van der Waals surface area contributed by atoms with E-state index >= 15 is 0 Å². The van der Waals surface area contributed by atoms with Crippen LogP contribution < -0.4 is 15.5 Å². The van der Waals surface area contributed by atoms with Crippen LogP contribution in [0.1, 0.15) is 23.2 Å². The monoisotopic (exact) mass is 309 g/mol. The number of hydrogen-bond donors (Lipinski definition) is 2. The summed E-state index contributed by atoms with van der Waals surface area (Å²) in [6.07, 6.45) is 2.14. The number of carbonyl (C=O) groups is 1. The number of para-hydroxylation sites is 2. The van der Waals surface area contributed by atoms with Gasteiger partial charge in [0.25, 0.3) is 5.91 Å². The van der Waals surface area contributed by atoms with Crippen LogP contribution in [0.4, 0.5) is 11.4 Å². The molecule has 1 aliphatic rings.